The summed E-state index contributed by atoms with van der Waals surface area (Å²) in [7, 11) is 0. The van der Waals surface area contributed by atoms with Gasteiger partial charge in [-0.25, -0.2) is 4.98 Å². The molecule has 2 aromatic rings. The maximum atomic E-state index is 10.3. The van der Waals surface area contributed by atoms with Crippen molar-refractivity contribution in [3.63, 3.8) is 0 Å². The fourth-order valence-corrected chi connectivity index (χ4v) is 2.98. The minimum absolute atomic E-state index is 0.278. The quantitative estimate of drug-likeness (QED) is 0.882. The second kappa shape index (κ2) is 6.93. The van der Waals surface area contributed by atoms with Crippen LogP contribution in [0.3, 0.4) is 0 Å². The fraction of sp³-hybridized carbons (Fsp3) is 0.412. The molecule has 0 spiro atoms. The lowest BCUT2D eigenvalue weighted by atomic mass is 10.2. The lowest BCUT2D eigenvalue weighted by molar-refractivity contribution is 0.129. The summed E-state index contributed by atoms with van der Waals surface area (Å²) in [6.45, 7) is 5.63. The predicted molar refractivity (Wildman–Crippen MR) is 91.1 cm³/mol. The topological polar surface area (TPSA) is 78.5 Å². The van der Waals surface area contributed by atoms with E-state index in [9.17, 15) is 5.11 Å². The SMILES string of the molecule is Cc1cc(N2CCN(Cc3ccccc3)CC(O)C2)nc(N)n1. The zero-order chi connectivity index (χ0) is 16.2. The standard InChI is InChI=1S/C17H23N5O/c1-13-9-16(20-17(18)19-13)22-8-7-21(11-15(23)12-22)10-14-5-3-2-4-6-14/h2-6,9,15,23H,7-8,10-12H2,1H3,(H2,18,19,20). The van der Waals surface area contributed by atoms with Gasteiger partial charge in [-0.3, -0.25) is 4.90 Å². The van der Waals surface area contributed by atoms with Crippen LogP contribution in [-0.4, -0.2) is 52.3 Å². The molecule has 0 aliphatic carbocycles. The molecule has 0 saturated carbocycles. The average Bonchev–Trinajstić information content (AvgIpc) is 2.69. The summed E-state index contributed by atoms with van der Waals surface area (Å²) in [6.07, 6.45) is -0.419. The van der Waals surface area contributed by atoms with Gasteiger partial charge in [-0.2, -0.15) is 4.98 Å². The highest BCUT2D eigenvalue weighted by Gasteiger charge is 2.22. The third-order valence-corrected chi connectivity index (χ3v) is 4.02. The van der Waals surface area contributed by atoms with Crippen LogP contribution in [0.1, 0.15) is 11.3 Å². The van der Waals surface area contributed by atoms with Crippen molar-refractivity contribution < 1.29 is 5.11 Å². The first-order chi connectivity index (χ1) is 11.1. The molecule has 6 heteroatoms. The van der Waals surface area contributed by atoms with Crippen LogP contribution >= 0.6 is 0 Å². The van der Waals surface area contributed by atoms with E-state index >= 15 is 0 Å². The number of nitrogens with two attached hydrogens (primary N) is 1. The van der Waals surface area contributed by atoms with Gasteiger partial charge in [0.2, 0.25) is 5.95 Å². The van der Waals surface area contributed by atoms with Crippen molar-refractivity contribution >= 4 is 11.8 Å². The number of aryl methyl sites for hydroxylation is 1. The zero-order valence-electron chi connectivity index (χ0n) is 13.4. The summed E-state index contributed by atoms with van der Waals surface area (Å²) < 4.78 is 0. The molecular formula is C17H23N5O. The lowest BCUT2D eigenvalue weighted by Gasteiger charge is -2.23. The van der Waals surface area contributed by atoms with Crippen molar-refractivity contribution in [1.29, 1.82) is 0 Å². The Bertz CT molecular complexity index is 628. The van der Waals surface area contributed by atoms with E-state index in [1.807, 2.05) is 31.2 Å². The second-order valence-electron chi connectivity index (χ2n) is 6.05. The van der Waals surface area contributed by atoms with E-state index in [0.29, 0.717) is 13.1 Å². The number of hydrogen-bond donors (Lipinski definition) is 2. The Balaban J connectivity index is 1.70. The smallest absolute Gasteiger partial charge is 0.222 e. The molecule has 1 aliphatic heterocycles. The minimum atomic E-state index is -0.419. The molecular weight excluding hydrogens is 290 g/mol. The van der Waals surface area contributed by atoms with Crippen LogP contribution in [0, 0.1) is 6.92 Å². The first-order valence-electron chi connectivity index (χ1n) is 7.90. The molecule has 0 bridgehead atoms. The van der Waals surface area contributed by atoms with Crippen molar-refractivity contribution in [1.82, 2.24) is 14.9 Å². The third kappa shape index (κ3) is 4.18. The first kappa shape index (κ1) is 15.7. The van der Waals surface area contributed by atoms with Gasteiger partial charge in [0.05, 0.1) is 6.10 Å². The van der Waals surface area contributed by atoms with Gasteiger partial charge < -0.3 is 15.7 Å². The van der Waals surface area contributed by atoms with Crippen molar-refractivity contribution in [2.45, 2.75) is 19.6 Å². The van der Waals surface area contributed by atoms with Crippen LogP contribution in [-0.2, 0) is 6.54 Å². The summed E-state index contributed by atoms with van der Waals surface area (Å²) in [4.78, 5) is 12.8. The number of nitrogens with zero attached hydrogens (tertiary/aromatic N) is 4. The van der Waals surface area contributed by atoms with E-state index in [1.165, 1.54) is 5.56 Å². The highest BCUT2D eigenvalue weighted by atomic mass is 16.3. The molecule has 0 radical (unpaired) electrons. The van der Waals surface area contributed by atoms with Crippen LogP contribution < -0.4 is 10.6 Å². The van der Waals surface area contributed by atoms with E-state index in [-0.39, 0.29) is 5.95 Å². The van der Waals surface area contributed by atoms with Crippen molar-refractivity contribution in [2.24, 2.45) is 0 Å². The van der Waals surface area contributed by atoms with Gasteiger partial charge in [-0.1, -0.05) is 30.3 Å². The molecule has 23 heavy (non-hydrogen) atoms. The Hall–Kier alpha value is -2.18. The van der Waals surface area contributed by atoms with Crippen molar-refractivity contribution in [3.05, 3.63) is 47.7 Å². The molecule has 122 valence electrons. The van der Waals surface area contributed by atoms with Crippen molar-refractivity contribution in [3.8, 4) is 0 Å². The highest BCUT2D eigenvalue weighted by Crippen LogP contribution is 2.17. The minimum Gasteiger partial charge on any atom is -0.390 e. The molecule has 1 aromatic heterocycles. The van der Waals surface area contributed by atoms with Crippen molar-refractivity contribution in [2.75, 3.05) is 36.8 Å². The summed E-state index contributed by atoms with van der Waals surface area (Å²) in [5, 5.41) is 10.3. The zero-order valence-corrected chi connectivity index (χ0v) is 13.4. The summed E-state index contributed by atoms with van der Waals surface area (Å²) >= 11 is 0. The number of β-amino-alcohol motifs (C(OH)–C–C–N with tert-alkyl or cyclic N) is 1. The Labute approximate surface area is 136 Å². The van der Waals surface area contributed by atoms with E-state index in [2.05, 4.69) is 31.9 Å². The van der Waals surface area contributed by atoms with Gasteiger partial charge in [-0.15, -0.1) is 0 Å². The normalized spacial score (nSPS) is 19.6. The number of aliphatic hydroxyl groups is 1. The molecule has 1 atom stereocenters. The third-order valence-electron chi connectivity index (χ3n) is 4.02. The Kier molecular flexibility index (Phi) is 4.73. The molecule has 3 N–H and O–H groups in total. The van der Waals surface area contributed by atoms with Gasteiger partial charge >= 0.3 is 0 Å². The number of anilines is 2. The van der Waals surface area contributed by atoms with Crippen LogP contribution in [0.25, 0.3) is 0 Å². The largest absolute Gasteiger partial charge is 0.390 e. The van der Waals surface area contributed by atoms with Gasteiger partial charge in [0.25, 0.3) is 0 Å². The van der Waals surface area contributed by atoms with Crippen LogP contribution in [0.5, 0.6) is 0 Å². The molecule has 6 nitrogen and oxygen atoms in total. The summed E-state index contributed by atoms with van der Waals surface area (Å²) in [6, 6.07) is 12.2. The maximum Gasteiger partial charge on any atom is 0.222 e. The van der Waals surface area contributed by atoms with Crippen LogP contribution in [0.4, 0.5) is 11.8 Å². The molecule has 2 heterocycles. The first-order valence-corrected chi connectivity index (χ1v) is 7.90. The van der Waals surface area contributed by atoms with Gasteiger partial charge in [-0.05, 0) is 12.5 Å². The van der Waals surface area contributed by atoms with Gasteiger partial charge in [0.15, 0.2) is 0 Å². The number of aliphatic hydroxyl groups excluding tert-OH is 1. The van der Waals surface area contributed by atoms with E-state index < -0.39 is 6.10 Å². The highest BCUT2D eigenvalue weighted by molar-refractivity contribution is 5.43. The Morgan fingerprint density at radius 3 is 2.70 bits per heavy atom. The number of rotatable bonds is 3. The monoisotopic (exact) mass is 313 g/mol. The van der Waals surface area contributed by atoms with E-state index in [0.717, 1.165) is 31.1 Å². The molecule has 0 amide bonds. The molecule has 1 unspecified atom stereocenters. The summed E-state index contributed by atoms with van der Waals surface area (Å²) in [5.74, 6) is 1.07. The van der Waals surface area contributed by atoms with Gasteiger partial charge in [0.1, 0.15) is 5.82 Å². The number of nitrogen functional groups attached to an aromatic ring is 1. The van der Waals surface area contributed by atoms with Gasteiger partial charge in [0, 0.05) is 44.5 Å². The number of aromatic nitrogens is 2. The lowest BCUT2D eigenvalue weighted by Crippen LogP contribution is -2.33. The number of benzene rings is 1. The van der Waals surface area contributed by atoms with Crippen LogP contribution in [0.2, 0.25) is 0 Å². The van der Waals surface area contributed by atoms with E-state index in [4.69, 9.17) is 5.73 Å². The fourth-order valence-electron chi connectivity index (χ4n) is 2.98. The number of hydrogen-bond acceptors (Lipinski definition) is 6. The molecule has 1 fully saturated rings. The molecule has 1 saturated heterocycles. The molecule has 3 rings (SSSR count). The Morgan fingerprint density at radius 2 is 1.96 bits per heavy atom. The predicted octanol–water partition coefficient (Wildman–Crippen LogP) is 1.05. The van der Waals surface area contributed by atoms with Crippen LogP contribution in [0.15, 0.2) is 36.4 Å². The average molecular weight is 313 g/mol. The Morgan fingerprint density at radius 1 is 1.17 bits per heavy atom. The second-order valence-corrected chi connectivity index (χ2v) is 6.05. The summed E-state index contributed by atoms with van der Waals surface area (Å²) in [5.41, 5.74) is 7.85. The molecule has 1 aliphatic rings. The van der Waals surface area contributed by atoms with E-state index in [1.54, 1.807) is 0 Å². The maximum absolute atomic E-state index is 10.3. The molecule has 1 aromatic carbocycles.